The Labute approximate surface area is 148 Å². The summed E-state index contributed by atoms with van der Waals surface area (Å²) < 4.78 is 71.5. The summed E-state index contributed by atoms with van der Waals surface area (Å²) in [6, 6.07) is 0. The number of hydrogen-bond acceptors (Lipinski definition) is 3. The Hall–Kier alpha value is -0.380. The summed E-state index contributed by atoms with van der Waals surface area (Å²) in [5, 5.41) is 9.27. The maximum atomic E-state index is 9.27. The van der Waals surface area contributed by atoms with E-state index in [1.165, 1.54) is 6.08 Å². The molecule has 1 fully saturated rings. The highest BCUT2D eigenvalue weighted by atomic mass is 16.7. The molecule has 0 saturated carbocycles. The van der Waals surface area contributed by atoms with Crippen LogP contribution in [0.1, 0.15) is 94.3 Å². The fourth-order valence-electron chi connectivity index (χ4n) is 2.38. The summed E-state index contributed by atoms with van der Waals surface area (Å²) in [7, 11) is 0. The lowest BCUT2D eigenvalue weighted by molar-refractivity contribution is -0.162. The van der Waals surface area contributed by atoms with E-state index in [0.717, 1.165) is 70.5 Å². The predicted molar refractivity (Wildman–Crippen MR) is 91.9 cm³/mol. The molecule has 1 aliphatic rings. The third-order valence-electron chi connectivity index (χ3n) is 3.60. The summed E-state index contributed by atoms with van der Waals surface area (Å²) in [6.07, 6.45) is 2.62. The fraction of sp³-hybridized carbons (Fsp3) is 0.895. The van der Waals surface area contributed by atoms with Gasteiger partial charge in [0, 0.05) is 28.0 Å². The SMILES string of the molecule is [2H]C([2H])(O)C([2H])([2H])C([2H])([2H])C([2H])([2H])/C=C\CCCCCCCCOC1CCCCO1. The molecule has 0 aromatic heterocycles. The first-order chi connectivity index (χ1) is 13.8. The lowest BCUT2D eigenvalue weighted by atomic mass is 10.1. The van der Waals surface area contributed by atoms with Gasteiger partial charge in [0.15, 0.2) is 6.29 Å². The first kappa shape index (κ1) is 10.5. The van der Waals surface area contributed by atoms with E-state index in [1.807, 2.05) is 0 Å². The van der Waals surface area contributed by atoms with Gasteiger partial charge in [-0.2, -0.15) is 0 Å². The van der Waals surface area contributed by atoms with Gasteiger partial charge in [0.05, 0.1) is 2.74 Å². The molecule has 1 atom stereocenters. The van der Waals surface area contributed by atoms with Gasteiger partial charge in [0.25, 0.3) is 0 Å². The van der Waals surface area contributed by atoms with Crippen molar-refractivity contribution in [3.63, 3.8) is 0 Å². The Balaban J connectivity index is 2.19. The van der Waals surface area contributed by atoms with Crippen molar-refractivity contribution in [1.82, 2.24) is 0 Å². The summed E-state index contributed by atoms with van der Waals surface area (Å²) >= 11 is 0. The average Bonchev–Trinajstić information content (AvgIpc) is 2.65. The van der Waals surface area contributed by atoms with E-state index in [2.05, 4.69) is 0 Å². The summed E-state index contributed by atoms with van der Waals surface area (Å²) in [5.41, 5.74) is 0. The Bertz CT molecular complexity index is 514. The van der Waals surface area contributed by atoms with E-state index in [-0.39, 0.29) is 6.29 Å². The molecule has 1 rings (SSSR count). The first-order valence-corrected chi connectivity index (χ1v) is 8.46. The van der Waals surface area contributed by atoms with Crippen LogP contribution in [-0.4, -0.2) is 31.2 Å². The van der Waals surface area contributed by atoms with E-state index >= 15 is 0 Å². The van der Waals surface area contributed by atoms with Crippen molar-refractivity contribution in [1.29, 1.82) is 0 Å². The second-order valence-corrected chi connectivity index (χ2v) is 5.49. The molecule has 1 heterocycles. The number of unbranched alkanes of at least 4 members (excludes halogenated alkanes) is 6. The van der Waals surface area contributed by atoms with E-state index in [4.69, 9.17) is 20.4 Å². The van der Waals surface area contributed by atoms with Crippen LogP contribution in [0.4, 0.5) is 0 Å². The first-order valence-electron chi connectivity index (χ1n) is 12.5. The molecule has 1 aliphatic heterocycles. The Morgan fingerprint density at radius 3 is 2.64 bits per heavy atom. The van der Waals surface area contributed by atoms with Crippen LogP contribution in [0.2, 0.25) is 0 Å². The quantitative estimate of drug-likeness (QED) is 0.362. The zero-order chi connectivity index (χ0) is 22.9. The summed E-state index contributed by atoms with van der Waals surface area (Å²) in [5.74, 6) is 0. The number of rotatable bonds is 14. The maximum absolute atomic E-state index is 9.27. The van der Waals surface area contributed by atoms with E-state index in [9.17, 15) is 5.11 Å². The minimum Gasteiger partial charge on any atom is -0.396 e. The number of hydrogen-bond donors (Lipinski definition) is 1. The molecule has 0 aliphatic carbocycles. The van der Waals surface area contributed by atoms with Crippen LogP contribution in [0.15, 0.2) is 12.2 Å². The highest BCUT2D eigenvalue weighted by molar-refractivity contribution is 4.81. The Morgan fingerprint density at radius 1 is 1.05 bits per heavy atom. The van der Waals surface area contributed by atoms with Crippen molar-refractivity contribution < 1.29 is 25.5 Å². The van der Waals surface area contributed by atoms with Gasteiger partial charge in [-0.15, -0.1) is 0 Å². The van der Waals surface area contributed by atoms with Gasteiger partial charge in [-0.3, -0.25) is 0 Å². The molecule has 1 saturated heterocycles. The number of allylic oxidation sites excluding steroid dienone is 2. The van der Waals surface area contributed by atoms with Crippen LogP contribution < -0.4 is 0 Å². The predicted octanol–water partition coefficient (Wildman–Crippen LogP) is 4.98. The van der Waals surface area contributed by atoms with Crippen molar-refractivity contribution in [2.75, 3.05) is 19.8 Å². The molecule has 0 radical (unpaired) electrons. The molecule has 130 valence electrons. The molecule has 0 aromatic carbocycles. The normalized spacial score (nSPS) is 27.0. The van der Waals surface area contributed by atoms with Crippen molar-refractivity contribution in [2.24, 2.45) is 0 Å². The third-order valence-corrected chi connectivity index (χ3v) is 3.60. The zero-order valence-corrected chi connectivity index (χ0v) is 13.5. The van der Waals surface area contributed by atoms with E-state index in [1.54, 1.807) is 0 Å². The van der Waals surface area contributed by atoms with Crippen LogP contribution in [0.25, 0.3) is 0 Å². The Kier molecular flexibility index (Phi) is 7.39. The van der Waals surface area contributed by atoms with E-state index < -0.39 is 25.7 Å². The average molecular weight is 321 g/mol. The topological polar surface area (TPSA) is 38.7 Å². The van der Waals surface area contributed by atoms with Crippen molar-refractivity contribution in [3.8, 4) is 0 Å². The van der Waals surface area contributed by atoms with Gasteiger partial charge in [-0.05, 0) is 57.6 Å². The summed E-state index contributed by atoms with van der Waals surface area (Å²) in [4.78, 5) is 0. The van der Waals surface area contributed by atoms with Crippen LogP contribution in [0, 0.1) is 0 Å². The van der Waals surface area contributed by atoms with E-state index in [0.29, 0.717) is 13.0 Å². The fourth-order valence-corrected chi connectivity index (χ4v) is 2.38. The van der Waals surface area contributed by atoms with Crippen LogP contribution in [0.3, 0.4) is 0 Å². The van der Waals surface area contributed by atoms with Crippen molar-refractivity contribution in [2.45, 2.75) is 89.6 Å². The molecule has 22 heavy (non-hydrogen) atoms. The molecule has 0 aromatic rings. The van der Waals surface area contributed by atoms with Crippen LogP contribution in [0.5, 0.6) is 0 Å². The van der Waals surface area contributed by atoms with Crippen LogP contribution in [-0.2, 0) is 9.47 Å². The van der Waals surface area contributed by atoms with Gasteiger partial charge in [-0.25, -0.2) is 0 Å². The van der Waals surface area contributed by atoms with Crippen LogP contribution >= 0.6 is 0 Å². The smallest absolute Gasteiger partial charge is 0.157 e. The largest absolute Gasteiger partial charge is 0.396 e. The third kappa shape index (κ3) is 12.2. The lowest BCUT2D eigenvalue weighted by Gasteiger charge is -2.22. The summed E-state index contributed by atoms with van der Waals surface area (Å²) in [6.45, 7) is -2.01. The minimum absolute atomic E-state index is 0.0378. The number of aliphatic hydroxyl groups is 1. The molecule has 1 unspecified atom stereocenters. The molecular formula is C19H36O3. The van der Waals surface area contributed by atoms with Gasteiger partial charge >= 0.3 is 0 Å². The maximum Gasteiger partial charge on any atom is 0.157 e. The molecular weight excluding hydrogens is 276 g/mol. The molecule has 1 N–H and O–H groups in total. The molecule has 0 bridgehead atoms. The Morgan fingerprint density at radius 2 is 1.86 bits per heavy atom. The lowest BCUT2D eigenvalue weighted by Crippen LogP contribution is -2.22. The second kappa shape index (κ2) is 15.5. The number of ether oxygens (including phenoxy) is 2. The standard InChI is InChI=1S/C19H36O3/c20-16-12-9-7-5-3-1-2-4-6-8-10-13-17-21-19-15-11-14-18-22-19/h3,5,19-20H,1-2,4,6-18H2/b5-3-/i7D2,9D2,12D2,16D2. The van der Waals surface area contributed by atoms with Gasteiger partial charge in [0.2, 0.25) is 0 Å². The molecule has 3 nitrogen and oxygen atoms in total. The van der Waals surface area contributed by atoms with Gasteiger partial charge in [0.1, 0.15) is 0 Å². The van der Waals surface area contributed by atoms with Crippen molar-refractivity contribution >= 4 is 0 Å². The van der Waals surface area contributed by atoms with Gasteiger partial charge < -0.3 is 14.6 Å². The highest BCUT2D eigenvalue weighted by Crippen LogP contribution is 2.14. The highest BCUT2D eigenvalue weighted by Gasteiger charge is 2.13. The van der Waals surface area contributed by atoms with Crippen molar-refractivity contribution in [3.05, 3.63) is 12.2 Å². The zero-order valence-electron chi connectivity index (χ0n) is 21.5. The molecule has 3 heteroatoms. The van der Waals surface area contributed by atoms with Gasteiger partial charge in [-0.1, -0.05) is 37.8 Å². The second-order valence-electron chi connectivity index (χ2n) is 5.49. The monoisotopic (exact) mass is 320 g/mol. The molecule has 0 spiro atoms. The molecule has 0 amide bonds. The minimum atomic E-state index is -3.51.